The Balaban J connectivity index is 1.80. The second-order valence-corrected chi connectivity index (χ2v) is 6.48. The molecule has 2 aromatic rings. The standard InChI is InChI=1S/C15H19N3OS/c1-3-18-13-7-5-4-6-12(13)17-15(18)20-10(2)14(19)16-11-8-9-11/h4-7,10-11H,3,8-9H2,1-2H3,(H,16,19). The van der Waals surface area contributed by atoms with Crippen LogP contribution in [0.4, 0.5) is 0 Å². The van der Waals surface area contributed by atoms with Crippen LogP contribution in [0.3, 0.4) is 0 Å². The van der Waals surface area contributed by atoms with E-state index in [9.17, 15) is 4.79 Å². The van der Waals surface area contributed by atoms with E-state index in [0.717, 1.165) is 35.6 Å². The number of rotatable bonds is 5. The summed E-state index contributed by atoms with van der Waals surface area (Å²) in [6.07, 6.45) is 2.24. The minimum absolute atomic E-state index is 0.113. The van der Waals surface area contributed by atoms with Crippen LogP contribution < -0.4 is 5.32 Å². The molecule has 1 heterocycles. The maximum Gasteiger partial charge on any atom is 0.233 e. The van der Waals surface area contributed by atoms with E-state index >= 15 is 0 Å². The van der Waals surface area contributed by atoms with E-state index in [1.54, 1.807) is 0 Å². The molecule has 1 aromatic carbocycles. The molecule has 1 atom stereocenters. The first-order chi connectivity index (χ1) is 9.69. The Hall–Kier alpha value is -1.49. The molecule has 0 spiro atoms. The Morgan fingerprint density at radius 3 is 2.95 bits per heavy atom. The van der Waals surface area contributed by atoms with Crippen molar-refractivity contribution in [1.82, 2.24) is 14.9 Å². The number of amides is 1. The van der Waals surface area contributed by atoms with Crippen molar-refractivity contribution in [3.8, 4) is 0 Å². The van der Waals surface area contributed by atoms with Gasteiger partial charge in [-0.2, -0.15) is 0 Å². The van der Waals surface area contributed by atoms with Crippen LogP contribution in [0.2, 0.25) is 0 Å². The lowest BCUT2D eigenvalue weighted by Crippen LogP contribution is -2.32. The Labute approximate surface area is 123 Å². The molecular formula is C15H19N3OS. The second kappa shape index (κ2) is 5.48. The summed E-state index contributed by atoms with van der Waals surface area (Å²) >= 11 is 1.54. The van der Waals surface area contributed by atoms with Crippen LogP contribution in [0.1, 0.15) is 26.7 Å². The average Bonchev–Trinajstić information content (AvgIpc) is 3.18. The number of fused-ring (bicyclic) bond motifs is 1. The fourth-order valence-corrected chi connectivity index (χ4v) is 3.20. The molecule has 0 saturated heterocycles. The van der Waals surface area contributed by atoms with Gasteiger partial charge in [0.2, 0.25) is 5.91 Å². The van der Waals surface area contributed by atoms with E-state index in [1.165, 1.54) is 11.8 Å². The number of benzene rings is 1. The van der Waals surface area contributed by atoms with Gasteiger partial charge in [0, 0.05) is 12.6 Å². The molecule has 0 aliphatic heterocycles. The number of aryl methyl sites for hydroxylation is 1. The Bertz CT molecular complexity index is 633. The summed E-state index contributed by atoms with van der Waals surface area (Å²) in [7, 11) is 0. The van der Waals surface area contributed by atoms with Crippen molar-refractivity contribution in [2.75, 3.05) is 0 Å². The van der Waals surface area contributed by atoms with Crippen molar-refractivity contribution in [1.29, 1.82) is 0 Å². The van der Waals surface area contributed by atoms with Crippen molar-refractivity contribution in [2.24, 2.45) is 0 Å². The predicted octanol–water partition coefficient (Wildman–Crippen LogP) is 2.82. The zero-order valence-electron chi connectivity index (χ0n) is 11.8. The lowest BCUT2D eigenvalue weighted by atomic mass is 10.3. The fraction of sp³-hybridized carbons (Fsp3) is 0.467. The maximum atomic E-state index is 12.0. The number of carbonyl (C=O) groups excluding carboxylic acids is 1. The minimum atomic E-state index is -0.113. The van der Waals surface area contributed by atoms with E-state index in [-0.39, 0.29) is 11.2 Å². The Morgan fingerprint density at radius 2 is 2.25 bits per heavy atom. The van der Waals surface area contributed by atoms with Crippen LogP contribution in [0.15, 0.2) is 29.4 Å². The summed E-state index contributed by atoms with van der Waals surface area (Å²) in [5.41, 5.74) is 2.12. The molecule has 106 valence electrons. The minimum Gasteiger partial charge on any atom is -0.352 e. The zero-order chi connectivity index (χ0) is 14.1. The quantitative estimate of drug-likeness (QED) is 0.861. The van der Waals surface area contributed by atoms with Gasteiger partial charge in [-0.15, -0.1) is 0 Å². The normalized spacial score (nSPS) is 16.3. The molecule has 1 aromatic heterocycles. The van der Waals surface area contributed by atoms with Crippen molar-refractivity contribution < 1.29 is 4.79 Å². The third kappa shape index (κ3) is 2.68. The third-order valence-corrected chi connectivity index (χ3v) is 4.60. The molecule has 4 nitrogen and oxygen atoms in total. The average molecular weight is 289 g/mol. The van der Waals surface area contributed by atoms with E-state index in [1.807, 2.05) is 25.1 Å². The van der Waals surface area contributed by atoms with Crippen LogP contribution >= 0.6 is 11.8 Å². The zero-order valence-corrected chi connectivity index (χ0v) is 12.6. The van der Waals surface area contributed by atoms with Gasteiger partial charge in [-0.05, 0) is 38.8 Å². The maximum absolute atomic E-state index is 12.0. The Morgan fingerprint density at radius 1 is 1.50 bits per heavy atom. The summed E-state index contributed by atoms with van der Waals surface area (Å²) in [6.45, 7) is 4.91. The summed E-state index contributed by atoms with van der Waals surface area (Å²) < 4.78 is 2.17. The molecule has 5 heteroatoms. The molecule has 1 aliphatic carbocycles. The van der Waals surface area contributed by atoms with E-state index in [0.29, 0.717) is 6.04 Å². The van der Waals surface area contributed by atoms with Crippen molar-refractivity contribution in [3.05, 3.63) is 24.3 Å². The first kappa shape index (κ1) is 13.5. The molecule has 0 radical (unpaired) electrons. The van der Waals surface area contributed by atoms with Crippen molar-refractivity contribution in [2.45, 2.75) is 49.7 Å². The number of nitrogens with one attached hydrogen (secondary N) is 1. The summed E-state index contributed by atoms with van der Waals surface area (Å²) in [6, 6.07) is 8.52. The highest BCUT2D eigenvalue weighted by Gasteiger charge is 2.26. The molecule has 1 fully saturated rings. The van der Waals surface area contributed by atoms with Gasteiger partial charge < -0.3 is 9.88 Å². The Kier molecular flexibility index (Phi) is 3.70. The number of hydrogen-bond donors (Lipinski definition) is 1. The first-order valence-electron chi connectivity index (χ1n) is 7.11. The molecule has 1 aliphatic rings. The first-order valence-corrected chi connectivity index (χ1v) is 7.99. The SMILES string of the molecule is CCn1c(SC(C)C(=O)NC2CC2)nc2ccccc21. The van der Waals surface area contributed by atoms with Crippen LogP contribution in [0.5, 0.6) is 0 Å². The third-order valence-electron chi connectivity index (χ3n) is 3.51. The van der Waals surface area contributed by atoms with E-state index < -0.39 is 0 Å². The summed E-state index contributed by atoms with van der Waals surface area (Å²) in [4.78, 5) is 16.7. The molecule has 1 amide bonds. The fourth-order valence-electron chi connectivity index (χ4n) is 2.21. The lowest BCUT2D eigenvalue weighted by molar-refractivity contribution is -0.120. The monoisotopic (exact) mass is 289 g/mol. The van der Waals surface area contributed by atoms with Crippen molar-refractivity contribution >= 4 is 28.7 Å². The summed E-state index contributed by atoms with van der Waals surface area (Å²) in [5, 5.41) is 3.86. The number of imidazole rings is 1. The molecule has 3 rings (SSSR count). The van der Waals surface area contributed by atoms with Crippen LogP contribution in [-0.4, -0.2) is 26.8 Å². The number of aromatic nitrogens is 2. The predicted molar refractivity (Wildman–Crippen MR) is 81.9 cm³/mol. The van der Waals surface area contributed by atoms with Crippen LogP contribution in [-0.2, 0) is 11.3 Å². The molecule has 1 N–H and O–H groups in total. The smallest absolute Gasteiger partial charge is 0.233 e. The second-order valence-electron chi connectivity index (χ2n) is 5.17. The molecule has 1 unspecified atom stereocenters. The largest absolute Gasteiger partial charge is 0.352 e. The molecular weight excluding hydrogens is 270 g/mol. The highest BCUT2D eigenvalue weighted by atomic mass is 32.2. The highest BCUT2D eigenvalue weighted by molar-refractivity contribution is 8.00. The van der Waals surface area contributed by atoms with Gasteiger partial charge in [-0.3, -0.25) is 4.79 Å². The van der Waals surface area contributed by atoms with Gasteiger partial charge in [-0.1, -0.05) is 23.9 Å². The highest BCUT2D eigenvalue weighted by Crippen LogP contribution is 2.28. The van der Waals surface area contributed by atoms with Gasteiger partial charge >= 0.3 is 0 Å². The number of carbonyl (C=O) groups is 1. The number of thioether (sulfide) groups is 1. The lowest BCUT2D eigenvalue weighted by Gasteiger charge is -2.12. The van der Waals surface area contributed by atoms with Gasteiger partial charge in [0.25, 0.3) is 0 Å². The number of nitrogens with zero attached hydrogens (tertiary/aromatic N) is 2. The van der Waals surface area contributed by atoms with E-state index in [2.05, 4.69) is 27.9 Å². The van der Waals surface area contributed by atoms with E-state index in [4.69, 9.17) is 0 Å². The molecule has 20 heavy (non-hydrogen) atoms. The number of para-hydroxylation sites is 2. The van der Waals surface area contributed by atoms with Gasteiger partial charge in [0.1, 0.15) is 0 Å². The molecule has 1 saturated carbocycles. The summed E-state index contributed by atoms with van der Waals surface area (Å²) in [5.74, 6) is 0.118. The van der Waals surface area contributed by atoms with Gasteiger partial charge in [0.05, 0.1) is 16.3 Å². The van der Waals surface area contributed by atoms with Gasteiger partial charge in [0.15, 0.2) is 5.16 Å². The molecule has 0 bridgehead atoms. The van der Waals surface area contributed by atoms with Crippen molar-refractivity contribution in [3.63, 3.8) is 0 Å². The van der Waals surface area contributed by atoms with Crippen LogP contribution in [0.25, 0.3) is 11.0 Å². The van der Waals surface area contributed by atoms with Crippen LogP contribution in [0, 0.1) is 0 Å². The topological polar surface area (TPSA) is 46.9 Å². The van der Waals surface area contributed by atoms with Gasteiger partial charge in [-0.25, -0.2) is 4.98 Å². The number of hydrogen-bond acceptors (Lipinski definition) is 3.